The van der Waals surface area contributed by atoms with E-state index in [-0.39, 0.29) is 11.7 Å². The second kappa shape index (κ2) is 7.60. The Morgan fingerprint density at radius 3 is 2.92 bits per heavy atom. The molecule has 1 unspecified atom stereocenters. The molecule has 1 aliphatic heterocycles. The molecule has 5 heteroatoms. The van der Waals surface area contributed by atoms with Crippen molar-refractivity contribution < 1.29 is 13.6 Å². The Balaban J connectivity index is 1.58. The Kier molecular flexibility index (Phi) is 5.28. The molecule has 1 atom stereocenters. The van der Waals surface area contributed by atoms with Crippen molar-refractivity contribution in [2.24, 2.45) is 5.92 Å². The predicted octanol–water partition coefficient (Wildman–Crippen LogP) is 3.86. The summed E-state index contributed by atoms with van der Waals surface area (Å²) in [6.45, 7) is 3.50. The molecular weight excluding hydrogens is 307 g/mol. The molecule has 0 saturated carbocycles. The van der Waals surface area contributed by atoms with Crippen LogP contribution in [0.5, 0.6) is 0 Å². The molecule has 4 nitrogen and oxygen atoms in total. The first-order valence-electron chi connectivity index (χ1n) is 8.63. The second-order valence-electron chi connectivity index (χ2n) is 6.40. The zero-order valence-electron chi connectivity index (χ0n) is 14.0. The van der Waals surface area contributed by atoms with Gasteiger partial charge in [-0.3, -0.25) is 4.79 Å². The number of oxazole rings is 1. The molecule has 1 aromatic carbocycles. The summed E-state index contributed by atoms with van der Waals surface area (Å²) in [4.78, 5) is 18.7. The lowest BCUT2D eigenvalue weighted by Crippen LogP contribution is -2.40. The molecule has 1 aliphatic rings. The Labute approximate surface area is 141 Å². The van der Waals surface area contributed by atoms with E-state index in [2.05, 4.69) is 4.98 Å². The van der Waals surface area contributed by atoms with Crippen molar-refractivity contribution >= 4 is 5.91 Å². The van der Waals surface area contributed by atoms with E-state index in [9.17, 15) is 9.18 Å². The van der Waals surface area contributed by atoms with E-state index < -0.39 is 0 Å². The fourth-order valence-corrected chi connectivity index (χ4v) is 3.35. The molecule has 1 fully saturated rings. The van der Waals surface area contributed by atoms with Crippen molar-refractivity contribution in [2.75, 3.05) is 13.1 Å². The molecule has 24 heavy (non-hydrogen) atoms. The first-order chi connectivity index (χ1) is 11.7. The number of hydrogen-bond acceptors (Lipinski definition) is 3. The minimum Gasteiger partial charge on any atom is -0.448 e. The molecule has 2 aromatic rings. The Bertz CT molecular complexity index is 681. The van der Waals surface area contributed by atoms with Crippen LogP contribution in [-0.2, 0) is 12.8 Å². The largest absolute Gasteiger partial charge is 0.448 e. The van der Waals surface area contributed by atoms with Crippen molar-refractivity contribution in [2.45, 2.75) is 39.0 Å². The predicted molar refractivity (Wildman–Crippen MR) is 89.2 cm³/mol. The van der Waals surface area contributed by atoms with Gasteiger partial charge in [-0.05, 0) is 49.3 Å². The lowest BCUT2D eigenvalue weighted by molar-refractivity contribution is 0.0661. The van der Waals surface area contributed by atoms with Crippen LogP contribution in [0.3, 0.4) is 0 Å². The van der Waals surface area contributed by atoms with E-state index >= 15 is 0 Å². The zero-order valence-corrected chi connectivity index (χ0v) is 14.0. The summed E-state index contributed by atoms with van der Waals surface area (Å²) in [7, 11) is 0. The fourth-order valence-electron chi connectivity index (χ4n) is 3.35. The third kappa shape index (κ3) is 3.83. The lowest BCUT2D eigenvalue weighted by Gasteiger charge is -2.32. The van der Waals surface area contributed by atoms with Crippen LogP contribution < -0.4 is 0 Å². The zero-order chi connectivity index (χ0) is 16.9. The van der Waals surface area contributed by atoms with Gasteiger partial charge in [0.2, 0.25) is 0 Å². The number of piperidine rings is 1. The minimum atomic E-state index is -0.201. The quantitative estimate of drug-likeness (QED) is 0.836. The van der Waals surface area contributed by atoms with E-state index in [1.165, 1.54) is 18.5 Å². The van der Waals surface area contributed by atoms with E-state index in [0.717, 1.165) is 44.3 Å². The molecule has 1 amide bonds. The topological polar surface area (TPSA) is 46.3 Å². The third-order valence-corrected chi connectivity index (χ3v) is 4.73. The average Bonchev–Trinajstić information content (AvgIpc) is 3.09. The molecule has 1 saturated heterocycles. The summed E-state index contributed by atoms with van der Waals surface area (Å²) in [5.74, 6) is 0.915. The highest BCUT2D eigenvalue weighted by Crippen LogP contribution is 2.23. The number of aromatic nitrogens is 1. The number of aryl methyl sites for hydroxylation is 2. The Morgan fingerprint density at radius 1 is 1.38 bits per heavy atom. The van der Waals surface area contributed by atoms with E-state index in [1.807, 2.05) is 24.0 Å². The molecule has 0 radical (unpaired) electrons. The number of amides is 1. The number of carbonyl (C=O) groups excluding carboxylic acids is 1. The fraction of sp³-hybridized carbons (Fsp3) is 0.474. The van der Waals surface area contributed by atoms with E-state index in [4.69, 9.17) is 4.42 Å². The average molecular weight is 330 g/mol. The second-order valence-corrected chi connectivity index (χ2v) is 6.40. The van der Waals surface area contributed by atoms with Gasteiger partial charge in [-0.1, -0.05) is 19.1 Å². The van der Waals surface area contributed by atoms with Crippen LogP contribution in [0.25, 0.3) is 0 Å². The van der Waals surface area contributed by atoms with Crippen LogP contribution in [0.2, 0.25) is 0 Å². The SMILES string of the molecule is CCc1ocnc1C(=O)N1CCCC(CCc2ccc(F)cc2)C1. The van der Waals surface area contributed by atoms with E-state index in [1.54, 1.807) is 0 Å². The highest BCUT2D eigenvalue weighted by atomic mass is 19.1. The standard InChI is InChI=1S/C19H23FN2O2/c1-2-17-18(21-13-24-17)19(23)22-11-3-4-15(12-22)6-5-14-7-9-16(20)10-8-14/h7-10,13,15H,2-6,11-12H2,1H3. The summed E-state index contributed by atoms with van der Waals surface area (Å²) >= 11 is 0. The van der Waals surface area contributed by atoms with Crippen LogP contribution in [-0.4, -0.2) is 28.9 Å². The van der Waals surface area contributed by atoms with Gasteiger partial charge in [-0.15, -0.1) is 0 Å². The summed E-state index contributed by atoms with van der Waals surface area (Å²) in [5.41, 5.74) is 1.60. The minimum absolute atomic E-state index is 0.0212. The Morgan fingerprint density at radius 2 is 2.17 bits per heavy atom. The van der Waals surface area contributed by atoms with Gasteiger partial charge < -0.3 is 9.32 Å². The highest BCUT2D eigenvalue weighted by Gasteiger charge is 2.27. The maximum atomic E-state index is 13.0. The van der Waals surface area contributed by atoms with Gasteiger partial charge in [0.15, 0.2) is 12.1 Å². The van der Waals surface area contributed by atoms with Gasteiger partial charge in [-0.25, -0.2) is 9.37 Å². The third-order valence-electron chi connectivity index (χ3n) is 4.73. The number of nitrogens with zero attached hydrogens (tertiary/aromatic N) is 2. The summed E-state index contributed by atoms with van der Waals surface area (Å²) in [5, 5.41) is 0. The molecule has 0 N–H and O–H groups in total. The summed E-state index contributed by atoms with van der Waals surface area (Å²) < 4.78 is 18.2. The maximum Gasteiger partial charge on any atom is 0.276 e. The molecule has 0 spiro atoms. The molecule has 0 aliphatic carbocycles. The lowest BCUT2D eigenvalue weighted by atomic mass is 9.91. The summed E-state index contributed by atoms with van der Waals surface area (Å²) in [6, 6.07) is 6.68. The van der Waals surface area contributed by atoms with Gasteiger partial charge in [-0.2, -0.15) is 0 Å². The monoisotopic (exact) mass is 330 g/mol. The van der Waals surface area contributed by atoms with Gasteiger partial charge in [0.1, 0.15) is 11.6 Å². The smallest absolute Gasteiger partial charge is 0.276 e. The van der Waals surface area contributed by atoms with Gasteiger partial charge in [0.25, 0.3) is 5.91 Å². The highest BCUT2D eigenvalue weighted by molar-refractivity contribution is 5.93. The molecule has 2 heterocycles. The van der Waals surface area contributed by atoms with Crippen LogP contribution in [0, 0.1) is 11.7 Å². The normalized spacial score (nSPS) is 17.9. The van der Waals surface area contributed by atoms with Gasteiger partial charge in [0.05, 0.1) is 0 Å². The number of carbonyl (C=O) groups is 1. The number of hydrogen-bond donors (Lipinski definition) is 0. The number of likely N-dealkylation sites (tertiary alicyclic amines) is 1. The van der Waals surface area contributed by atoms with Crippen molar-refractivity contribution in [1.29, 1.82) is 0 Å². The van der Waals surface area contributed by atoms with Gasteiger partial charge in [0, 0.05) is 19.5 Å². The first-order valence-corrected chi connectivity index (χ1v) is 8.63. The van der Waals surface area contributed by atoms with Crippen molar-refractivity contribution in [1.82, 2.24) is 9.88 Å². The molecule has 1 aromatic heterocycles. The summed E-state index contributed by atoms with van der Waals surface area (Å²) in [6.07, 6.45) is 6.08. The van der Waals surface area contributed by atoms with Gasteiger partial charge >= 0.3 is 0 Å². The molecule has 128 valence electrons. The van der Waals surface area contributed by atoms with Crippen molar-refractivity contribution in [3.05, 3.63) is 53.5 Å². The number of benzene rings is 1. The molecule has 0 bridgehead atoms. The first kappa shape index (κ1) is 16.7. The van der Waals surface area contributed by atoms with Crippen LogP contribution in [0.4, 0.5) is 4.39 Å². The number of rotatable bonds is 5. The van der Waals surface area contributed by atoms with Crippen LogP contribution in [0.15, 0.2) is 35.1 Å². The molecular formula is C19H23FN2O2. The Hall–Kier alpha value is -2.17. The van der Waals surface area contributed by atoms with Crippen molar-refractivity contribution in [3.8, 4) is 0 Å². The molecule has 3 rings (SSSR count). The van der Waals surface area contributed by atoms with Crippen molar-refractivity contribution in [3.63, 3.8) is 0 Å². The van der Waals surface area contributed by atoms with Crippen LogP contribution in [0.1, 0.15) is 48.0 Å². The number of halogens is 1. The maximum absolute atomic E-state index is 13.0. The van der Waals surface area contributed by atoms with E-state index in [0.29, 0.717) is 23.8 Å². The van der Waals surface area contributed by atoms with Crippen LogP contribution >= 0.6 is 0 Å².